The lowest BCUT2D eigenvalue weighted by Gasteiger charge is -2.27. The summed E-state index contributed by atoms with van der Waals surface area (Å²) < 4.78 is 2.00. The molecule has 1 aliphatic rings. The maximum Gasteiger partial charge on any atom is 0.237 e. The maximum atomic E-state index is 13.1. The van der Waals surface area contributed by atoms with Crippen LogP contribution < -0.4 is 10.2 Å². The third-order valence-electron chi connectivity index (χ3n) is 4.70. The van der Waals surface area contributed by atoms with Gasteiger partial charge in [-0.2, -0.15) is 0 Å². The predicted octanol–water partition coefficient (Wildman–Crippen LogP) is 3.43. The Morgan fingerprint density at radius 2 is 1.96 bits per heavy atom. The van der Waals surface area contributed by atoms with Crippen LogP contribution in [0.2, 0.25) is 0 Å². The van der Waals surface area contributed by atoms with Crippen LogP contribution in [0.1, 0.15) is 13.3 Å². The Morgan fingerprint density at radius 3 is 2.78 bits per heavy atom. The number of nitrogens with zero attached hydrogens (tertiary/aromatic N) is 3. The highest BCUT2D eigenvalue weighted by molar-refractivity contribution is 7.99. The minimum atomic E-state index is -0.206. The molecule has 3 aromatic rings. The highest BCUT2D eigenvalue weighted by Gasteiger charge is 2.29. The molecular formula is C20H20N4O2S. The van der Waals surface area contributed by atoms with E-state index in [-0.39, 0.29) is 30.0 Å². The average Bonchev–Trinajstić information content (AvgIpc) is 2.90. The molecule has 0 radical (unpaired) electrons. The zero-order valence-electron chi connectivity index (χ0n) is 15.2. The molecule has 0 bridgehead atoms. The normalized spacial score (nSPS) is 16.7. The quantitative estimate of drug-likeness (QED) is 0.707. The van der Waals surface area contributed by atoms with Crippen molar-refractivity contribution < 1.29 is 9.59 Å². The largest absolute Gasteiger partial charge is 0.324 e. The topological polar surface area (TPSA) is 67.2 Å². The summed E-state index contributed by atoms with van der Waals surface area (Å²) in [7, 11) is 1.95. The summed E-state index contributed by atoms with van der Waals surface area (Å²) in [4.78, 5) is 31.5. The smallest absolute Gasteiger partial charge is 0.237 e. The van der Waals surface area contributed by atoms with Crippen LogP contribution in [-0.2, 0) is 16.6 Å². The lowest BCUT2D eigenvalue weighted by molar-refractivity contribution is -0.117. The number of nitrogens with one attached hydrogen (secondary N) is 1. The van der Waals surface area contributed by atoms with Crippen LogP contribution in [-0.4, -0.2) is 33.2 Å². The molecule has 1 N–H and O–H groups in total. The van der Waals surface area contributed by atoms with Crippen molar-refractivity contribution in [2.45, 2.75) is 24.5 Å². The van der Waals surface area contributed by atoms with Gasteiger partial charge in [-0.15, -0.1) is 0 Å². The van der Waals surface area contributed by atoms with Gasteiger partial charge in [0.1, 0.15) is 0 Å². The molecule has 7 heteroatoms. The van der Waals surface area contributed by atoms with Gasteiger partial charge in [0.25, 0.3) is 0 Å². The van der Waals surface area contributed by atoms with E-state index in [9.17, 15) is 9.59 Å². The van der Waals surface area contributed by atoms with Gasteiger partial charge >= 0.3 is 0 Å². The molecule has 0 saturated heterocycles. The van der Waals surface area contributed by atoms with Crippen molar-refractivity contribution in [2.75, 3.05) is 16.0 Å². The maximum absolute atomic E-state index is 13.1. The fourth-order valence-electron chi connectivity index (χ4n) is 3.42. The van der Waals surface area contributed by atoms with Crippen LogP contribution >= 0.6 is 11.8 Å². The molecule has 2 heterocycles. The molecule has 2 aromatic carbocycles. The number of fused-ring (bicyclic) bond motifs is 2. The lowest BCUT2D eigenvalue weighted by Crippen LogP contribution is -2.40. The molecule has 4 rings (SSSR count). The van der Waals surface area contributed by atoms with Gasteiger partial charge in [-0.1, -0.05) is 36.0 Å². The summed E-state index contributed by atoms with van der Waals surface area (Å²) in [5.41, 5.74) is 3.37. The van der Waals surface area contributed by atoms with Crippen LogP contribution in [0.4, 0.5) is 11.4 Å². The standard InChI is InChI=1S/C20H20N4O2S/c1-13-11-18(25)21-15-8-4-6-10-17(15)24(13)19(26)12-27-20-22-14-7-3-5-9-16(14)23(20)2/h3-10,13H,11-12H2,1-2H3,(H,21,25)/t13-/m0/s1. The lowest BCUT2D eigenvalue weighted by atomic mass is 10.2. The number of imidazole rings is 1. The van der Waals surface area contributed by atoms with Crippen LogP contribution in [0.25, 0.3) is 11.0 Å². The van der Waals surface area contributed by atoms with E-state index in [0.29, 0.717) is 5.69 Å². The number of benzene rings is 2. The molecule has 0 saturated carbocycles. The van der Waals surface area contributed by atoms with Gasteiger partial charge in [0.2, 0.25) is 11.8 Å². The Labute approximate surface area is 161 Å². The van der Waals surface area contributed by atoms with Gasteiger partial charge in [0, 0.05) is 19.5 Å². The molecule has 138 valence electrons. The van der Waals surface area contributed by atoms with E-state index in [4.69, 9.17) is 0 Å². The highest BCUT2D eigenvalue weighted by Crippen LogP contribution is 2.32. The van der Waals surface area contributed by atoms with Crippen molar-refractivity contribution in [2.24, 2.45) is 7.05 Å². The SMILES string of the molecule is C[C@H]1CC(=O)Nc2ccccc2N1C(=O)CSc1nc2ccccc2n1C. The first kappa shape index (κ1) is 17.6. The second-order valence-corrected chi connectivity index (χ2v) is 7.56. The number of amides is 2. The van der Waals surface area contributed by atoms with Gasteiger partial charge in [-0.3, -0.25) is 9.59 Å². The number of carbonyl (C=O) groups is 2. The molecule has 1 aliphatic heterocycles. The summed E-state index contributed by atoms with van der Waals surface area (Å²) in [5, 5.41) is 3.68. The predicted molar refractivity (Wildman–Crippen MR) is 108 cm³/mol. The molecule has 0 spiro atoms. The Balaban J connectivity index is 1.58. The van der Waals surface area contributed by atoms with Crippen LogP contribution in [0.5, 0.6) is 0 Å². The van der Waals surface area contributed by atoms with Crippen LogP contribution in [0.3, 0.4) is 0 Å². The molecule has 0 aliphatic carbocycles. The summed E-state index contributed by atoms with van der Waals surface area (Å²) in [6.07, 6.45) is 0.275. The minimum Gasteiger partial charge on any atom is -0.324 e. The highest BCUT2D eigenvalue weighted by atomic mass is 32.2. The first-order valence-electron chi connectivity index (χ1n) is 8.80. The third-order valence-corrected chi connectivity index (χ3v) is 5.71. The zero-order valence-corrected chi connectivity index (χ0v) is 16.0. The number of para-hydroxylation sites is 4. The van der Waals surface area contributed by atoms with E-state index in [2.05, 4.69) is 10.3 Å². The molecular weight excluding hydrogens is 360 g/mol. The summed E-state index contributed by atoms with van der Waals surface area (Å²) in [6.45, 7) is 1.90. The van der Waals surface area contributed by atoms with E-state index < -0.39 is 0 Å². The van der Waals surface area contributed by atoms with E-state index in [1.54, 1.807) is 4.90 Å². The summed E-state index contributed by atoms with van der Waals surface area (Å²) >= 11 is 1.41. The number of aromatic nitrogens is 2. The van der Waals surface area contributed by atoms with Crippen LogP contribution in [0, 0.1) is 0 Å². The Hall–Kier alpha value is -2.80. The number of hydrogen-bond donors (Lipinski definition) is 1. The number of aryl methyl sites for hydroxylation is 1. The Morgan fingerprint density at radius 1 is 1.22 bits per heavy atom. The van der Waals surface area contributed by atoms with E-state index >= 15 is 0 Å². The minimum absolute atomic E-state index is 0.0384. The van der Waals surface area contributed by atoms with Gasteiger partial charge in [0.05, 0.1) is 28.2 Å². The first-order valence-corrected chi connectivity index (χ1v) is 9.78. The second-order valence-electron chi connectivity index (χ2n) is 6.61. The fourth-order valence-corrected chi connectivity index (χ4v) is 4.26. The summed E-state index contributed by atoms with van der Waals surface area (Å²) in [5.74, 6) is 0.140. The number of carbonyl (C=O) groups excluding carboxylic acids is 2. The second kappa shape index (κ2) is 7.08. The molecule has 2 amide bonds. The van der Waals surface area contributed by atoms with Crippen molar-refractivity contribution in [3.8, 4) is 0 Å². The van der Waals surface area contributed by atoms with E-state index in [0.717, 1.165) is 21.9 Å². The summed E-state index contributed by atoms with van der Waals surface area (Å²) in [6, 6.07) is 15.1. The monoisotopic (exact) mass is 380 g/mol. The molecule has 0 unspecified atom stereocenters. The third kappa shape index (κ3) is 3.30. The van der Waals surface area contributed by atoms with Crippen LogP contribution in [0.15, 0.2) is 53.7 Å². The van der Waals surface area contributed by atoms with Crippen molar-refractivity contribution in [3.63, 3.8) is 0 Å². The van der Waals surface area contributed by atoms with Gasteiger partial charge in [-0.25, -0.2) is 4.98 Å². The average molecular weight is 380 g/mol. The number of thioether (sulfide) groups is 1. The molecule has 0 fully saturated rings. The van der Waals surface area contributed by atoms with Crippen molar-refractivity contribution in [1.29, 1.82) is 0 Å². The molecule has 6 nitrogen and oxygen atoms in total. The number of rotatable bonds is 3. The Kier molecular flexibility index (Phi) is 4.61. The van der Waals surface area contributed by atoms with Gasteiger partial charge in [-0.05, 0) is 31.2 Å². The fraction of sp³-hybridized carbons (Fsp3) is 0.250. The molecule has 27 heavy (non-hydrogen) atoms. The van der Waals surface area contributed by atoms with Gasteiger partial charge < -0.3 is 14.8 Å². The molecule has 1 atom stereocenters. The van der Waals surface area contributed by atoms with Crippen molar-refractivity contribution >= 4 is 46.0 Å². The Bertz CT molecular complexity index is 1030. The number of hydrogen-bond acceptors (Lipinski definition) is 4. The zero-order chi connectivity index (χ0) is 19.0. The molecule has 1 aromatic heterocycles. The first-order chi connectivity index (χ1) is 13.0. The van der Waals surface area contributed by atoms with Gasteiger partial charge in [0.15, 0.2) is 5.16 Å². The van der Waals surface area contributed by atoms with Crippen molar-refractivity contribution in [1.82, 2.24) is 9.55 Å². The number of anilines is 2. The van der Waals surface area contributed by atoms with E-state index in [1.807, 2.05) is 67.1 Å². The van der Waals surface area contributed by atoms with E-state index in [1.165, 1.54) is 11.8 Å². The van der Waals surface area contributed by atoms with Crippen molar-refractivity contribution in [3.05, 3.63) is 48.5 Å².